The van der Waals surface area contributed by atoms with Crippen molar-refractivity contribution in [3.05, 3.63) is 0 Å². The second-order valence-corrected chi connectivity index (χ2v) is 15.7. The van der Waals surface area contributed by atoms with Crippen LogP contribution < -0.4 is 33.2 Å². The molecule has 5 amide bonds. The summed E-state index contributed by atoms with van der Waals surface area (Å²) in [6, 6.07) is -2.82. The maximum absolute atomic E-state index is 14.1. The highest BCUT2D eigenvalue weighted by molar-refractivity contribution is 5.94. The van der Waals surface area contributed by atoms with E-state index in [1.54, 1.807) is 20.9 Å². The van der Waals surface area contributed by atoms with Gasteiger partial charge in [0, 0.05) is 19.6 Å². The number of nitrogens with two attached hydrogens (primary N) is 3. The summed E-state index contributed by atoms with van der Waals surface area (Å²) >= 11 is 0. The molecule has 6 atom stereocenters. The van der Waals surface area contributed by atoms with E-state index in [9.17, 15) is 28.8 Å². The molecule has 304 valence electrons. The van der Waals surface area contributed by atoms with E-state index >= 15 is 0 Å². The van der Waals surface area contributed by atoms with E-state index in [2.05, 4.69) is 22.9 Å². The van der Waals surface area contributed by atoms with Gasteiger partial charge < -0.3 is 47.5 Å². The zero-order chi connectivity index (χ0) is 39.7. The molecular formula is C38H69N7O8. The van der Waals surface area contributed by atoms with E-state index in [4.69, 9.17) is 26.7 Å². The number of hydrogen-bond donors (Lipinski definition) is 6. The average molecular weight is 752 g/mol. The second kappa shape index (κ2) is 23.5. The smallest absolute Gasteiger partial charge is 0.325 e. The molecule has 0 unspecified atom stereocenters. The summed E-state index contributed by atoms with van der Waals surface area (Å²) in [4.78, 5) is 80.6. The number of ether oxygens (including phenoxy) is 2. The van der Waals surface area contributed by atoms with Crippen LogP contribution in [-0.4, -0.2) is 104 Å². The van der Waals surface area contributed by atoms with Crippen LogP contribution in [0.2, 0.25) is 0 Å². The molecular weight excluding hydrogens is 682 g/mol. The molecule has 0 aromatic carbocycles. The van der Waals surface area contributed by atoms with Gasteiger partial charge in [-0.15, -0.1) is 0 Å². The van der Waals surface area contributed by atoms with Gasteiger partial charge >= 0.3 is 5.97 Å². The van der Waals surface area contributed by atoms with Crippen molar-refractivity contribution < 1.29 is 38.2 Å². The predicted molar refractivity (Wildman–Crippen MR) is 202 cm³/mol. The summed E-state index contributed by atoms with van der Waals surface area (Å²) < 4.78 is 11.6. The van der Waals surface area contributed by atoms with Gasteiger partial charge in [0.15, 0.2) is 0 Å². The summed E-state index contributed by atoms with van der Waals surface area (Å²) in [5.74, 6) is -4.63. The molecule has 9 N–H and O–H groups in total. The van der Waals surface area contributed by atoms with Gasteiger partial charge in [0.1, 0.15) is 30.8 Å². The van der Waals surface area contributed by atoms with E-state index in [0.29, 0.717) is 12.8 Å². The Balaban J connectivity index is 2.17. The zero-order valence-electron chi connectivity index (χ0n) is 33.0. The van der Waals surface area contributed by atoms with Crippen LogP contribution in [0.5, 0.6) is 0 Å². The third kappa shape index (κ3) is 15.5. The molecule has 2 aliphatic carbocycles. The van der Waals surface area contributed by atoms with Crippen LogP contribution in [-0.2, 0) is 38.2 Å². The lowest BCUT2D eigenvalue weighted by Gasteiger charge is -2.36. The van der Waals surface area contributed by atoms with Crippen LogP contribution in [0.1, 0.15) is 118 Å². The first-order valence-corrected chi connectivity index (χ1v) is 19.8. The number of nitrogens with zero attached hydrogens (tertiary/aromatic N) is 1. The van der Waals surface area contributed by atoms with Crippen molar-refractivity contribution >= 4 is 35.5 Å². The van der Waals surface area contributed by atoms with Crippen molar-refractivity contribution in [2.45, 2.75) is 154 Å². The van der Waals surface area contributed by atoms with E-state index in [-0.39, 0.29) is 55.5 Å². The fraction of sp³-hybridized carbons (Fsp3) is 0.842. The summed E-state index contributed by atoms with van der Waals surface area (Å²) in [5.41, 5.74) is 16.9. The lowest BCUT2D eigenvalue weighted by molar-refractivity contribution is -0.158. The minimum Gasteiger partial charge on any atom is -0.460 e. The Bertz CT molecular complexity index is 1190. The maximum Gasteiger partial charge on any atom is 0.325 e. The van der Waals surface area contributed by atoms with Gasteiger partial charge in [-0.3, -0.25) is 28.8 Å². The number of amides is 5. The Hall–Kier alpha value is -3.30. The molecule has 0 spiro atoms. The largest absolute Gasteiger partial charge is 0.460 e. The van der Waals surface area contributed by atoms with Gasteiger partial charge in [-0.25, -0.2) is 0 Å². The van der Waals surface area contributed by atoms with Crippen molar-refractivity contribution in [1.82, 2.24) is 20.9 Å². The molecule has 2 fully saturated rings. The number of nitrogens with one attached hydrogen (secondary N) is 3. The molecule has 0 bridgehead atoms. The average Bonchev–Trinajstić information content (AvgIpc) is 3.12. The van der Waals surface area contributed by atoms with Crippen LogP contribution in [0, 0.1) is 23.7 Å². The van der Waals surface area contributed by atoms with Gasteiger partial charge in [0.25, 0.3) is 0 Å². The van der Waals surface area contributed by atoms with Gasteiger partial charge in [0.05, 0.1) is 24.5 Å². The van der Waals surface area contributed by atoms with E-state index < -0.39 is 59.8 Å². The number of carbonyl (C=O) groups is 6. The molecule has 0 radical (unpaired) electrons. The monoisotopic (exact) mass is 752 g/mol. The topological polar surface area (TPSA) is 238 Å². The van der Waals surface area contributed by atoms with Gasteiger partial charge in [0.2, 0.25) is 29.5 Å². The molecule has 0 aromatic rings. The minimum absolute atomic E-state index is 0.0140. The number of primary amides is 1. The zero-order valence-corrected chi connectivity index (χ0v) is 33.0. The highest BCUT2D eigenvalue weighted by Gasteiger charge is 2.38. The summed E-state index contributed by atoms with van der Waals surface area (Å²) in [5, 5.41) is 8.15. The van der Waals surface area contributed by atoms with Gasteiger partial charge in [-0.1, -0.05) is 73.1 Å². The van der Waals surface area contributed by atoms with Crippen molar-refractivity contribution in [1.29, 1.82) is 0 Å². The number of rotatable bonds is 24. The fourth-order valence-electron chi connectivity index (χ4n) is 6.97. The Morgan fingerprint density at radius 2 is 1.55 bits per heavy atom. The van der Waals surface area contributed by atoms with E-state index in [0.717, 1.165) is 70.6 Å². The fourth-order valence-corrected chi connectivity index (χ4v) is 6.97. The Kier molecular flexibility index (Phi) is 20.3. The standard InChI is InChI=1S/C38H69N7O8/c1-7-8-9-13-16-31(53-32(46)21-42-35(48)24(4)22-52-28-18-27(40)19-28)25(5)38(51)45(6)30(17-23(2)3)36(49)44-33(26-14-11-10-12-15-26)37(50)43-29(20-39)34(41)47/h23-31,33H,7-22,39-40H2,1-6H3,(H2,41,47)(H,42,48)(H,43,50)(H,44,49)/t24-,25+,27-,28-,29-,30-,31+,33-/m0/s1. The van der Waals surface area contributed by atoms with E-state index in [1.165, 1.54) is 4.90 Å². The van der Waals surface area contributed by atoms with Gasteiger partial charge in [-0.2, -0.15) is 0 Å². The third-order valence-corrected chi connectivity index (χ3v) is 10.5. The molecule has 15 heteroatoms. The molecule has 2 rings (SSSR count). The van der Waals surface area contributed by atoms with Crippen LogP contribution >= 0.6 is 0 Å². The summed E-state index contributed by atoms with van der Waals surface area (Å²) in [6.07, 6.45) is 9.41. The van der Waals surface area contributed by atoms with Crippen molar-refractivity contribution in [3.8, 4) is 0 Å². The van der Waals surface area contributed by atoms with Crippen molar-refractivity contribution in [2.24, 2.45) is 40.9 Å². The molecule has 0 saturated heterocycles. The lowest BCUT2D eigenvalue weighted by atomic mass is 9.83. The molecule has 2 aliphatic rings. The van der Waals surface area contributed by atoms with Crippen molar-refractivity contribution in [3.63, 3.8) is 0 Å². The second-order valence-electron chi connectivity index (χ2n) is 15.7. The highest BCUT2D eigenvalue weighted by atomic mass is 16.5. The Labute approximate surface area is 316 Å². The number of esters is 1. The molecule has 15 nitrogen and oxygen atoms in total. The first-order valence-electron chi connectivity index (χ1n) is 19.8. The van der Waals surface area contributed by atoms with Crippen LogP contribution in [0.15, 0.2) is 0 Å². The third-order valence-electron chi connectivity index (χ3n) is 10.5. The molecule has 53 heavy (non-hydrogen) atoms. The quantitative estimate of drug-likeness (QED) is 0.0616. The lowest BCUT2D eigenvalue weighted by Crippen LogP contribution is -2.60. The first-order chi connectivity index (χ1) is 25.1. The first kappa shape index (κ1) is 45.9. The van der Waals surface area contributed by atoms with Crippen LogP contribution in [0.4, 0.5) is 0 Å². The molecule has 0 aromatic heterocycles. The molecule has 2 saturated carbocycles. The normalized spacial score (nSPS) is 20.8. The van der Waals surface area contributed by atoms with Gasteiger partial charge in [-0.05, 0) is 56.8 Å². The number of hydrogen-bond acceptors (Lipinski definition) is 10. The Morgan fingerprint density at radius 1 is 0.887 bits per heavy atom. The number of likely N-dealkylation sites (N-methyl/N-ethyl adjacent to an activating group) is 1. The van der Waals surface area contributed by atoms with Crippen molar-refractivity contribution in [2.75, 3.05) is 26.7 Å². The molecule has 0 aliphatic heterocycles. The van der Waals surface area contributed by atoms with Crippen LogP contribution in [0.3, 0.4) is 0 Å². The SMILES string of the molecule is CCCCCC[C@@H](OC(=O)CNC(=O)[C@@H](C)CO[C@H]1C[C@H](N)C1)[C@@H](C)C(=O)N(C)[C@@H](CC(C)C)C(=O)N[C@H](C(=O)N[C@@H](CN)C(N)=O)C1CCCCC1. The number of unbranched alkanes of at least 4 members (excludes halogenated alkanes) is 3. The molecule has 0 heterocycles. The summed E-state index contributed by atoms with van der Waals surface area (Å²) in [6.45, 7) is 9.04. The maximum atomic E-state index is 14.1. The number of carbonyl (C=O) groups excluding carboxylic acids is 6. The Morgan fingerprint density at radius 3 is 2.11 bits per heavy atom. The predicted octanol–water partition coefficient (Wildman–Crippen LogP) is 1.63. The van der Waals surface area contributed by atoms with Crippen LogP contribution in [0.25, 0.3) is 0 Å². The summed E-state index contributed by atoms with van der Waals surface area (Å²) in [7, 11) is 1.55. The van der Waals surface area contributed by atoms with E-state index in [1.807, 2.05) is 13.8 Å². The minimum atomic E-state index is -1.08. The highest BCUT2D eigenvalue weighted by Crippen LogP contribution is 2.28.